The number of aliphatic carboxylic acids is 1. The lowest BCUT2D eigenvalue weighted by Gasteiger charge is -2.40. The van der Waals surface area contributed by atoms with Gasteiger partial charge in [-0.15, -0.1) is 0 Å². The number of aliphatic hydroxyl groups excluding tert-OH is 7. The van der Waals surface area contributed by atoms with Crippen LogP contribution in [0.4, 0.5) is 5.69 Å². The second-order valence-electron chi connectivity index (χ2n) is 11.5. The van der Waals surface area contributed by atoms with Crippen molar-refractivity contribution in [2.75, 3.05) is 11.9 Å². The number of benzene rings is 1. The topological polar surface area (TPSA) is 217 Å². The minimum atomic E-state index is -1.52. The van der Waals surface area contributed by atoms with Gasteiger partial charge in [0.2, 0.25) is 0 Å². The summed E-state index contributed by atoms with van der Waals surface area (Å²) in [5.74, 6) is -2.00. The van der Waals surface area contributed by atoms with Crippen LogP contribution in [0.15, 0.2) is 60.7 Å². The highest BCUT2D eigenvalue weighted by molar-refractivity contribution is 5.96. The Morgan fingerprint density at radius 3 is 2.07 bits per heavy atom. The van der Waals surface area contributed by atoms with E-state index in [1.54, 1.807) is 48.6 Å². The second-order valence-corrected chi connectivity index (χ2v) is 11.5. The number of anilines is 1. The Balaban J connectivity index is 1.83. The standard InChI is InChI=1S/C32H47NO11/c1-18(8-6-4-5-7-9-23(35)15-27(38)39)28(40)20(3)14-19(2)24(36)16-25(37)21-10-12-22(13-11-21)33-32-31(43)30(42)29(41)26(17-34)44-32/h4-13,18-20,23-24,26,28-36,40-43H,14-17H2,1-3H3,(H,38,39)/b5-4+,8-6+,9-7+/t18-,19-,20-,23+,24-,26-,28-,29-,30+,31-,32-/m1/s1. The Kier molecular flexibility index (Phi) is 15.3. The molecule has 0 saturated carbocycles. The number of carboxylic acids is 1. The average Bonchev–Trinajstić information content (AvgIpc) is 2.98. The van der Waals surface area contributed by atoms with Crippen molar-refractivity contribution in [2.24, 2.45) is 17.8 Å². The molecule has 44 heavy (non-hydrogen) atoms. The first-order valence-electron chi connectivity index (χ1n) is 14.7. The number of hydrogen-bond donors (Lipinski definition) is 9. The molecule has 12 heteroatoms. The van der Waals surface area contributed by atoms with Crippen LogP contribution in [-0.2, 0) is 9.53 Å². The Bertz CT molecular complexity index is 1120. The van der Waals surface area contributed by atoms with Crippen LogP contribution in [0, 0.1) is 17.8 Å². The normalized spacial score (nSPS) is 26.8. The maximum atomic E-state index is 12.8. The number of carbonyl (C=O) groups excluding carboxylic acids is 1. The van der Waals surface area contributed by atoms with E-state index in [4.69, 9.17) is 9.84 Å². The Morgan fingerprint density at radius 1 is 0.864 bits per heavy atom. The fraction of sp³-hybridized carbons (Fsp3) is 0.562. The molecule has 11 atom stereocenters. The maximum Gasteiger partial charge on any atom is 0.306 e. The van der Waals surface area contributed by atoms with E-state index in [0.717, 1.165) is 0 Å². The molecule has 246 valence electrons. The summed E-state index contributed by atoms with van der Waals surface area (Å²) in [5, 5.41) is 81.9. The van der Waals surface area contributed by atoms with Gasteiger partial charge in [-0.3, -0.25) is 9.59 Å². The molecule has 1 aromatic rings. The molecule has 1 fully saturated rings. The van der Waals surface area contributed by atoms with Crippen molar-refractivity contribution < 1.29 is 55.2 Å². The Labute approximate surface area is 257 Å². The van der Waals surface area contributed by atoms with Crippen LogP contribution in [-0.4, -0.2) is 108 Å². The number of ketones is 1. The van der Waals surface area contributed by atoms with Crippen LogP contribution < -0.4 is 5.32 Å². The van der Waals surface area contributed by atoms with Crippen molar-refractivity contribution in [1.82, 2.24) is 0 Å². The molecule has 1 aliphatic heterocycles. The van der Waals surface area contributed by atoms with E-state index in [1.165, 1.54) is 6.08 Å². The van der Waals surface area contributed by atoms with Crippen molar-refractivity contribution >= 4 is 17.4 Å². The average molecular weight is 622 g/mol. The number of rotatable bonds is 17. The summed E-state index contributed by atoms with van der Waals surface area (Å²) in [4.78, 5) is 23.4. The molecule has 0 aromatic heterocycles. The lowest BCUT2D eigenvalue weighted by molar-refractivity contribution is -0.221. The van der Waals surface area contributed by atoms with Gasteiger partial charge in [0.05, 0.1) is 31.3 Å². The van der Waals surface area contributed by atoms with Crippen LogP contribution in [0.25, 0.3) is 0 Å². The van der Waals surface area contributed by atoms with Crippen molar-refractivity contribution in [3.05, 3.63) is 66.3 Å². The van der Waals surface area contributed by atoms with E-state index in [0.29, 0.717) is 17.7 Å². The largest absolute Gasteiger partial charge is 0.481 e. The summed E-state index contributed by atoms with van der Waals surface area (Å²) in [6, 6.07) is 6.25. The first-order chi connectivity index (χ1) is 20.7. The highest BCUT2D eigenvalue weighted by Gasteiger charge is 2.43. The first-order valence-corrected chi connectivity index (χ1v) is 14.7. The number of Topliss-reactive ketones (excluding diaryl/α,β-unsaturated/α-hetero) is 1. The summed E-state index contributed by atoms with van der Waals surface area (Å²) < 4.78 is 5.43. The van der Waals surface area contributed by atoms with E-state index < -0.39 is 61.5 Å². The fourth-order valence-corrected chi connectivity index (χ4v) is 4.97. The van der Waals surface area contributed by atoms with Gasteiger partial charge in [-0.1, -0.05) is 57.2 Å². The highest BCUT2D eigenvalue weighted by atomic mass is 16.6. The van der Waals surface area contributed by atoms with E-state index >= 15 is 0 Å². The van der Waals surface area contributed by atoms with Gasteiger partial charge in [0.25, 0.3) is 0 Å². The molecule has 0 spiro atoms. The van der Waals surface area contributed by atoms with Crippen molar-refractivity contribution in [3.63, 3.8) is 0 Å². The van der Waals surface area contributed by atoms with Crippen LogP contribution in [0.1, 0.15) is 50.4 Å². The second kappa shape index (κ2) is 18.1. The zero-order chi connectivity index (χ0) is 33.0. The molecule has 1 aromatic carbocycles. The summed E-state index contributed by atoms with van der Waals surface area (Å²) in [6.45, 7) is 5.01. The predicted octanol–water partition coefficient (Wildman–Crippen LogP) is 0.996. The third-order valence-electron chi connectivity index (χ3n) is 7.79. The summed E-state index contributed by atoms with van der Waals surface area (Å²) in [7, 11) is 0. The van der Waals surface area contributed by atoms with Gasteiger partial charge in [0.1, 0.15) is 24.4 Å². The minimum Gasteiger partial charge on any atom is -0.481 e. The third kappa shape index (κ3) is 11.5. The summed E-state index contributed by atoms with van der Waals surface area (Å²) in [6.07, 6.45) is 0.547. The quantitative estimate of drug-likeness (QED) is 0.0879. The molecular weight excluding hydrogens is 574 g/mol. The number of nitrogens with one attached hydrogen (secondary N) is 1. The van der Waals surface area contributed by atoms with Crippen LogP contribution >= 0.6 is 0 Å². The SMILES string of the molecule is C[C@H](/C=C/C=C/C=C/[C@H](O)CC(=O)O)[C@@H](O)[C@H](C)C[C@@H](C)[C@H](O)CC(=O)c1ccc(N[C@@H]2O[C@H](CO)[C@@H](O)[C@H](O)[C@H]2O)cc1. The number of carboxylic acid groups (broad SMARTS) is 1. The predicted molar refractivity (Wildman–Crippen MR) is 163 cm³/mol. The van der Waals surface area contributed by atoms with Gasteiger partial charge in [-0.05, 0) is 42.5 Å². The van der Waals surface area contributed by atoms with Crippen molar-refractivity contribution in [1.29, 1.82) is 0 Å². The minimum absolute atomic E-state index is 0.113. The third-order valence-corrected chi connectivity index (χ3v) is 7.79. The van der Waals surface area contributed by atoms with Crippen molar-refractivity contribution in [3.8, 4) is 0 Å². The van der Waals surface area contributed by atoms with E-state index in [9.17, 15) is 45.3 Å². The zero-order valence-electron chi connectivity index (χ0n) is 25.3. The molecule has 2 rings (SSSR count). The van der Waals surface area contributed by atoms with Gasteiger partial charge in [-0.2, -0.15) is 0 Å². The van der Waals surface area contributed by atoms with Gasteiger partial charge in [0.15, 0.2) is 12.0 Å². The number of allylic oxidation sites excluding steroid dienone is 4. The Morgan fingerprint density at radius 2 is 1.48 bits per heavy atom. The zero-order valence-corrected chi connectivity index (χ0v) is 25.3. The fourth-order valence-electron chi connectivity index (χ4n) is 4.97. The van der Waals surface area contributed by atoms with E-state index in [-0.39, 0.29) is 36.4 Å². The lowest BCUT2D eigenvalue weighted by Crippen LogP contribution is -2.60. The highest BCUT2D eigenvalue weighted by Crippen LogP contribution is 2.26. The summed E-state index contributed by atoms with van der Waals surface area (Å²) >= 11 is 0. The van der Waals surface area contributed by atoms with Gasteiger partial charge in [-0.25, -0.2) is 0 Å². The lowest BCUT2D eigenvalue weighted by atomic mass is 9.83. The molecular formula is C32H47NO11. The molecule has 12 nitrogen and oxygen atoms in total. The molecule has 0 bridgehead atoms. The van der Waals surface area contributed by atoms with E-state index in [1.807, 2.05) is 26.8 Å². The van der Waals surface area contributed by atoms with Crippen LogP contribution in [0.2, 0.25) is 0 Å². The maximum absolute atomic E-state index is 12.8. The van der Waals surface area contributed by atoms with Crippen molar-refractivity contribution in [2.45, 2.75) is 89.0 Å². The molecule has 1 aliphatic rings. The van der Waals surface area contributed by atoms with E-state index in [2.05, 4.69) is 5.32 Å². The molecule has 0 aliphatic carbocycles. The van der Waals surface area contributed by atoms with Gasteiger partial charge < -0.3 is 50.9 Å². The smallest absolute Gasteiger partial charge is 0.306 e. The summed E-state index contributed by atoms with van der Waals surface area (Å²) in [5.41, 5.74) is 0.828. The first kappa shape index (κ1) is 37.2. The van der Waals surface area contributed by atoms with Gasteiger partial charge in [0, 0.05) is 23.6 Å². The number of ether oxygens (including phenoxy) is 1. The Hall–Kier alpha value is -2.94. The monoisotopic (exact) mass is 621 g/mol. The number of aliphatic hydroxyl groups is 7. The molecule has 9 N–H and O–H groups in total. The van der Waals surface area contributed by atoms with Crippen LogP contribution in [0.3, 0.4) is 0 Å². The van der Waals surface area contributed by atoms with Crippen LogP contribution in [0.5, 0.6) is 0 Å². The molecule has 0 unspecified atom stereocenters. The molecule has 1 heterocycles. The number of carbonyl (C=O) groups is 2. The van der Waals surface area contributed by atoms with Gasteiger partial charge >= 0.3 is 5.97 Å². The molecule has 1 saturated heterocycles. The number of hydrogen-bond acceptors (Lipinski definition) is 11. The molecule has 0 radical (unpaired) electrons. The molecule has 0 amide bonds.